The summed E-state index contributed by atoms with van der Waals surface area (Å²) in [5, 5.41) is 4.31. The highest BCUT2D eigenvalue weighted by Gasteiger charge is 2.26. The largest absolute Gasteiger partial charge is 0.382 e. The van der Waals surface area contributed by atoms with Crippen molar-refractivity contribution in [1.29, 1.82) is 0 Å². The van der Waals surface area contributed by atoms with Gasteiger partial charge in [0.25, 0.3) is 3.91 Å². The van der Waals surface area contributed by atoms with Crippen molar-refractivity contribution in [1.82, 2.24) is 19.5 Å². The topological polar surface area (TPSA) is 76.5 Å². The lowest BCUT2D eigenvalue weighted by atomic mass is 9.94. The number of nitrogens with two attached hydrogens (primary N) is 1. The van der Waals surface area contributed by atoms with Crippen molar-refractivity contribution >= 4 is 53.8 Å². The second-order valence-corrected chi connectivity index (χ2v) is 6.61. The quantitative estimate of drug-likeness (QED) is 0.412. The molecule has 2 aromatic heterocycles. The summed E-state index contributed by atoms with van der Waals surface area (Å²) in [5.41, 5.74) is 7.85. The number of aromatic nitrogens is 3. The van der Waals surface area contributed by atoms with Gasteiger partial charge in [-0.1, -0.05) is 0 Å². The zero-order valence-electron chi connectivity index (χ0n) is 10.6. The van der Waals surface area contributed by atoms with Crippen LogP contribution in [0.1, 0.15) is 24.5 Å². The van der Waals surface area contributed by atoms with E-state index in [0.717, 1.165) is 41.6 Å². The molecule has 106 valence electrons. The van der Waals surface area contributed by atoms with Crippen molar-refractivity contribution in [3.05, 3.63) is 22.6 Å². The number of carbonyl (C=O) groups is 1. The van der Waals surface area contributed by atoms with Gasteiger partial charge in [0.1, 0.15) is 11.8 Å². The number of nitrogen functional groups attached to an aromatic ring is 1. The number of rotatable bonds is 1. The molecular weight excluding hydrogens is 437 g/mol. The second kappa shape index (κ2) is 5.47. The molecule has 8 heteroatoms. The minimum Gasteiger partial charge on any atom is -0.382 e. The fourth-order valence-electron chi connectivity index (χ4n) is 2.69. The zero-order valence-corrected chi connectivity index (χ0v) is 14.3. The molecular formula is C12H13BrIN5O. The average Bonchev–Trinajstić information content (AvgIpc) is 2.77. The van der Waals surface area contributed by atoms with Gasteiger partial charge in [-0.25, -0.2) is 9.50 Å². The van der Waals surface area contributed by atoms with Crippen LogP contribution in [-0.2, 0) is 0 Å². The third-order valence-electron chi connectivity index (χ3n) is 3.73. The number of fused-ring (bicyclic) bond motifs is 1. The summed E-state index contributed by atoms with van der Waals surface area (Å²) in [7, 11) is 0. The van der Waals surface area contributed by atoms with Crippen LogP contribution in [0.3, 0.4) is 0 Å². The summed E-state index contributed by atoms with van der Waals surface area (Å²) in [6.07, 6.45) is 3.36. The first-order valence-corrected chi connectivity index (χ1v) is 8.17. The van der Waals surface area contributed by atoms with Crippen molar-refractivity contribution in [2.75, 3.05) is 18.8 Å². The lowest BCUT2D eigenvalue weighted by molar-refractivity contribution is 0.207. The number of hydrogen-bond donors (Lipinski definition) is 1. The van der Waals surface area contributed by atoms with E-state index in [-0.39, 0.29) is 3.91 Å². The van der Waals surface area contributed by atoms with Crippen LogP contribution in [0, 0.1) is 0 Å². The Balaban J connectivity index is 1.92. The first-order chi connectivity index (χ1) is 9.58. The molecule has 0 bridgehead atoms. The van der Waals surface area contributed by atoms with Crippen LogP contribution in [-0.4, -0.2) is 36.5 Å². The van der Waals surface area contributed by atoms with Crippen molar-refractivity contribution < 1.29 is 4.79 Å². The standard InChI is InChI=1S/C12H13BrIN5O/c13-8-5-9(19-10(8)11(15)16-6-17-19)7-1-3-18(4-2-7)12(14)20/h5-7H,1-4H2,(H2,15,16,17). The van der Waals surface area contributed by atoms with Gasteiger partial charge in [-0.3, -0.25) is 4.79 Å². The molecule has 0 unspecified atom stereocenters. The third kappa shape index (κ3) is 2.39. The molecule has 0 atom stereocenters. The van der Waals surface area contributed by atoms with Gasteiger partial charge in [-0.05, 0) is 34.8 Å². The van der Waals surface area contributed by atoms with Gasteiger partial charge >= 0.3 is 0 Å². The number of halogens is 2. The fraction of sp³-hybridized carbons (Fsp3) is 0.417. The summed E-state index contributed by atoms with van der Waals surface area (Å²) in [5.74, 6) is 0.855. The van der Waals surface area contributed by atoms with E-state index in [0.29, 0.717) is 11.7 Å². The number of hydrogen-bond acceptors (Lipinski definition) is 4. The predicted molar refractivity (Wildman–Crippen MR) is 88.1 cm³/mol. The average molecular weight is 450 g/mol. The monoisotopic (exact) mass is 449 g/mol. The van der Waals surface area contributed by atoms with Crippen LogP contribution >= 0.6 is 38.5 Å². The molecule has 1 aliphatic heterocycles. The molecule has 1 amide bonds. The van der Waals surface area contributed by atoms with Gasteiger partial charge < -0.3 is 10.6 Å². The van der Waals surface area contributed by atoms with Crippen LogP contribution in [0.25, 0.3) is 5.52 Å². The number of anilines is 1. The summed E-state index contributed by atoms with van der Waals surface area (Å²) in [4.78, 5) is 17.3. The molecule has 2 N–H and O–H groups in total. The Morgan fingerprint density at radius 1 is 1.45 bits per heavy atom. The number of amides is 1. The predicted octanol–water partition coefficient (Wildman–Crippen LogP) is 2.81. The summed E-state index contributed by atoms with van der Waals surface area (Å²) < 4.78 is 2.89. The fourth-order valence-corrected chi connectivity index (χ4v) is 3.78. The molecule has 0 aromatic carbocycles. The SMILES string of the molecule is Nc1ncnn2c(C3CCN(C(=O)I)CC3)cc(Br)c12. The van der Waals surface area contributed by atoms with E-state index >= 15 is 0 Å². The molecule has 0 radical (unpaired) electrons. The second-order valence-electron chi connectivity index (χ2n) is 4.84. The maximum Gasteiger partial charge on any atom is 0.283 e. The summed E-state index contributed by atoms with van der Waals surface area (Å²) in [6, 6.07) is 2.06. The molecule has 6 nitrogen and oxygen atoms in total. The first kappa shape index (κ1) is 14.1. The molecule has 0 aliphatic carbocycles. The van der Waals surface area contributed by atoms with Crippen LogP contribution in [0.4, 0.5) is 10.6 Å². The molecule has 3 rings (SSSR count). The molecule has 3 heterocycles. The van der Waals surface area contributed by atoms with Gasteiger partial charge in [-0.15, -0.1) is 0 Å². The molecule has 1 aliphatic rings. The van der Waals surface area contributed by atoms with Crippen LogP contribution < -0.4 is 5.73 Å². The molecule has 1 saturated heterocycles. The summed E-state index contributed by atoms with van der Waals surface area (Å²) >= 11 is 5.37. The molecule has 0 spiro atoms. The molecule has 1 fully saturated rings. The van der Waals surface area contributed by atoms with E-state index in [4.69, 9.17) is 5.73 Å². The number of piperidine rings is 1. The van der Waals surface area contributed by atoms with Crippen LogP contribution in [0.5, 0.6) is 0 Å². The zero-order chi connectivity index (χ0) is 14.3. The van der Waals surface area contributed by atoms with Gasteiger partial charge in [-0.2, -0.15) is 5.10 Å². The first-order valence-electron chi connectivity index (χ1n) is 6.30. The molecule has 2 aromatic rings. The Bertz CT molecular complexity index is 665. The maximum atomic E-state index is 11.4. The summed E-state index contributed by atoms with van der Waals surface area (Å²) in [6.45, 7) is 1.58. The van der Waals surface area contributed by atoms with Crippen molar-refractivity contribution in [3.63, 3.8) is 0 Å². The highest BCUT2D eigenvalue weighted by molar-refractivity contribution is 14.1. The Morgan fingerprint density at radius 3 is 2.80 bits per heavy atom. The van der Waals surface area contributed by atoms with Gasteiger partial charge in [0, 0.05) is 51.8 Å². The highest BCUT2D eigenvalue weighted by Crippen LogP contribution is 2.34. The lowest BCUT2D eigenvalue weighted by Gasteiger charge is -2.30. The lowest BCUT2D eigenvalue weighted by Crippen LogP contribution is -2.34. The van der Waals surface area contributed by atoms with E-state index in [1.807, 2.05) is 32.0 Å². The van der Waals surface area contributed by atoms with E-state index < -0.39 is 0 Å². The molecule has 20 heavy (non-hydrogen) atoms. The van der Waals surface area contributed by atoms with Crippen LogP contribution in [0.15, 0.2) is 16.9 Å². The van der Waals surface area contributed by atoms with Gasteiger partial charge in [0.05, 0.1) is 0 Å². The normalized spacial score (nSPS) is 16.8. The Labute approximate surface area is 138 Å². The number of carbonyl (C=O) groups excluding carboxylic acids is 1. The van der Waals surface area contributed by atoms with Crippen LogP contribution in [0.2, 0.25) is 0 Å². The highest BCUT2D eigenvalue weighted by atomic mass is 127. The van der Waals surface area contributed by atoms with Crippen molar-refractivity contribution in [2.24, 2.45) is 0 Å². The van der Waals surface area contributed by atoms with Crippen molar-refractivity contribution in [2.45, 2.75) is 18.8 Å². The van der Waals surface area contributed by atoms with Gasteiger partial charge in [0.15, 0.2) is 5.82 Å². The minimum absolute atomic E-state index is 0.119. The Morgan fingerprint density at radius 2 is 2.15 bits per heavy atom. The van der Waals surface area contributed by atoms with E-state index in [1.54, 1.807) is 0 Å². The van der Waals surface area contributed by atoms with E-state index in [2.05, 4.69) is 32.1 Å². The van der Waals surface area contributed by atoms with E-state index in [1.165, 1.54) is 6.33 Å². The third-order valence-corrected chi connectivity index (χ3v) is 5.01. The van der Waals surface area contributed by atoms with Crippen molar-refractivity contribution in [3.8, 4) is 0 Å². The number of likely N-dealkylation sites (tertiary alicyclic amines) is 1. The number of nitrogens with zero attached hydrogens (tertiary/aromatic N) is 4. The van der Waals surface area contributed by atoms with E-state index in [9.17, 15) is 4.79 Å². The Hall–Kier alpha value is -0.900. The molecule has 0 saturated carbocycles. The maximum absolute atomic E-state index is 11.4. The smallest absolute Gasteiger partial charge is 0.283 e. The Kier molecular flexibility index (Phi) is 3.85. The van der Waals surface area contributed by atoms with Gasteiger partial charge in [0.2, 0.25) is 0 Å². The minimum atomic E-state index is 0.119.